The van der Waals surface area contributed by atoms with Gasteiger partial charge in [-0.15, -0.1) is 10.2 Å². The van der Waals surface area contributed by atoms with E-state index in [1.165, 1.54) is 0 Å². The number of amides is 1. The lowest BCUT2D eigenvalue weighted by Gasteiger charge is -2.02. The van der Waals surface area contributed by atoms with Gasteiger partial charge in [0, 0.05) is 36.0 Å². The van der Waals surface area contributed by atoms with E-state index in [1.807, 2.05) is 31.2 Å². The molecule has 0 atom stereocenters. The van der Waals surface area contributed by atoms with Crippen LogP contribution in [0, 0.1) is 6.92 Å². The Bertz CT molecular complexity index is 1080. The van der Waals surface area contributed by atoms with Gasteiger partial charge >= 0.3 is 0 Å². The predicted octanol–water partition coefficient (Wildman–Crippen LogP) is 3.70. The standard InChI is InChI=1S/C20H17N5O2/c1-13-3-5-15(6-4-13)19-22-23-20(27-19)16-9-7-14(8-10-16)18(26)21-17-11-12-25(2)24-17/h3-12H,1-2H3,(H,21,24,26). The molecule has 0 spiro atoms. The summed E-state index contributed by atoms with van der Waals surface area (Å²) >= 11 is 0. The van der Waals surface area contributed by atoms with Crippen LogP contribution in [0.4, 0.5) is 5.82 Å². The van der Waals surface area contributed by atoms with Crippen molar-refractivity contribution in [3.8, 4) is 22.9 Å². The van der Waals surface area contributed by atoms with E-state index in [2.05, 4.69) is 20.6 Å². The number of hydrogen-bond donors (Lipinski definition) is 1. The number of benzene rings is 2. The van der Waals surface area contributed by atoms with Crippen molar-refractivity contribution in [2.24, 2.45) is 7.05 Å². The molecule has 2 heterocycles. The van der Waals surface area contributed by atoms with E-state index in [-0.39, 0.29) is 5.91 Å². The molecule has 7 heteroatoms. The Hall–Kier alpha value is -3.74. The Morgan fingerprint density at radius 1 is 0.926 bits per heavy atom. The maximum absolute atomic E-state index is 12.3. The summed E-state index contributed by atoms with van der Waals surface area (Å²) < 4.78 is 7.38. The first-order valence-corrected chi connectivity index (χ1v) is 8.40. The summed E-state index contributed by atoms with van der Waals surface area (Å²) in [4.78, 5) is 12.3. The van der Waals surface area contributed by atoms with Gasteiger partial charge in [0.15, 0.2) is 5.82 Å². The number of nitrogens with zero attached hydrogens (tertiary/aromatic N) is 4. The van der Waals surface area contributed by atoms with E-state index in [0.717, 1.165) is 16.7 Å². The van der Waals surface area contributed by atoms with Crippen molar-refractivity contribution in [2.45, 2.75) is 6.92 Å². The SMILES string of the molecule is Cc1ccc(-c2nnc(-c3ccc(C(=O)Nc4ccn(C)n4)cc3)o2)cc1. The maximum atomic E-state index is 12.3. The molecule has 2 aromatic carbocycles. The number of carbonyl (C=O) groups is 1. The van der Waals surface area contributed by atoms with Crippen LogP contribution in [0.3, 0.4) is 0 Å². The molecule has 0 unspecified atom stereocenters. The molecular weight excluding hydrogens is 342 g/mol. The minimum Gasteiger partial charge on any atom is -0.416 e. The zero-order chi connectivity index (χ0) is 18.8. The van der Waals surface area contributed by atoms with Gasteiger partial charge < -0.3 is 9.73 Å². The molecule has 4 rings (SSSR count). The Morgan fingerprint density at radius 2 is 1.52 bits per heavy atom. The first kappa shape index (κ1) is 16.7. The summed E-state index contributed by atoms with van der Waals surface area (Å²) in [5.74, 6) is 1.14. The van der Waals surface area contributed by atoms with E-state index >= 15 is 0 Å². The van der Waals surface area contributed by atoms with Crippen LogP contribution in [-0.4, -0.2) is 25.9 Å². The average Bonchev–Trinajstić information content (AvgIpc) is 3.32. The minimum absolute atomic E-state index is 0.230. The number of hydrogen-bond acceptors (Lipinski definition) is 5. The lowest BCUT2D eigenvalue weighted by atomic mass is 10.1. The zero-order valence-corrected chi connectivity index (χ0v) is 14.9. The minimum atomic E-state index is -0.230. The molecular formula is C20H17N5O2. The van der Waals surface area contributed by atoms with Crippen molar-refractivity contribution in [1.29, 1.82) is 0 Å². The van der Waals surface area contributed by atoms with E-state index in [9.17, 15) is 4.79 Å². The van der Waals surface area contributed by atoms with Crippen molar-refractivity contribution in [3.05, 3.63) is 71.9 Å². The third-order valence-electron chi connectivity index (χ3n) is 4.07. The molecule has 0 aliphatic rings. The smallest absolute Gasteiger partial charge is 0.256 e. The van der Waals surface area contributed by atoms with Crippen molar-refractivity contribution in [2.75, 3.05) is 5.32 Å². The van der Waals surface area contributed by atoms with Crippen LogP contribution in [0.15, 0.2) is 65.2 Å². The van der Waals surface area contributed by atoms with Crippen LogP contribution in [0.5, 0.6) is 0 Å². The Labute approximate surface area is 155 Å². The summed E-state index contributed by atoms with van der Waals surface area (Å²) in [5, 5.41) is 15.1. The van der Waals surface area contributed by atoms with Crippen molar-refractivity contribution in [1.82, 2.24) is 20.0 Å². The fraction of sp³-hybridized carbons (Fsp3) is 0.100. The van der Waals surface area contributed by atoms with Gasteiger partial charge in [0.2, 0.25) is 11.8 Å². The molecule has 134 valence electrons. The number of rotatable bonds is 4. The lowest BCUT2D eigenvalue weighted by molar-refractivity contribution is 0.102. The normalized spacial score (nSPS) is 10.7. The van der Waals surface area contributed by atoms with Gasteiger partial charge in [0.05, 0.1) is 0 Å². The number of aryl methyl sites for hydroxylation is 2. The fourth-order valence-electron chi connectivity index (χ4n) is 2.59. The summed E-state index contributed by atoms with van der Waals surface area (Å²) in [6.07, 6.45) is 1.76. The number of carbonyl (C=O) groups excluding carboxylic acids is 1. The fourth-order valence-corrected chi connectivity index (χ4v) is 2.59. The van der Waals surface area contributed by atoms with Crippen molar-refractivity contribution < 1.29 is 9.21 Å². The third kappa shape index (κ3) is 3.62. The van der Waals surface area contributed by atoms with Crippen LogP contribution >= 0.6 is 0 Å². The Morgan fingerprint density at radius 3 is 2.07 bits per heavy atom. The van der Waals surface area contributed by atoms with Gasteiger partial charge in [0.1, 0.15) is 0 Å². The molecule has 4 aromatic rings. The van der Waals surface area contributed by atoms with Crippen LogP contribution in [0.2, 0.25) is 0 Å². The van der Waals surface area contributed by atoms with E-state index in [0.29, 0.717) is 23.2 Å². The van der Waals surface area contributed by atoms with Crippen molar-refractivity contribution >= 4 is 11.7 Å². The number of anilines is 1. The molecule has 1 N–H and O–H groups in total. The molecule has 2 aromatic heterocycles. The summed E-state index contributed by atoms with van der Waals surface area (Å²) in [7, 11) is 1.79. The zero-order valence-electron chi connectivity index (χ0n) is 14.9. The van der Waals surface area contributed by atoms with Gasteiger partial charge in [-0.25, -0.2) is 0 Å². The van der Waals surface area contributed by atoms with E-state index < -0.39 is 0 Å². The molecule has 27 heavy (non-hydrogen) atoms. The highest BCUT2D eigenvalue weighted by molar-refractivity contribution is 6.03. The van der Waals surface area contributed by atoms with Gasteiger partial charge in [0.25, 0.3) is 5.91 Å². The van der Waals surface area contributed by atoms with E-state index in [4.69, 9.17) is 4.42 Å². The molecule has 0 fully saturated rings. The molecule has 7 nitrogen and oxygen atoms in total. The first-order valence-electron chi connectivity index (χ1n) is 8.40. The average molecular weight is 359 g/mol. The number of aromatic nitrogens is 4. The molecule has 1 amide bonds. The highest BCUT2D eigenvalue weighted by atomic mass is 16.4. The third-order valence-corrected chi connectivity index (χ3v) is 4.07. The van der Waals surface area contributed by atoms with Crippen LogP contribution < -0.4 is 5.32 Å². The lowest BCUT2D eigenvalue weighted by Crippen LogP contribution is -2.12. The maximum Gasteiger partial charge on any atom is 0.256 e. The predicted molar refractivity (Wildman–Crippen MR) is 101 cm³/mol. The van der Waals surface area contributed by atoms with E-state index in [1.54, 1.807) is 48.3 Å². The highest BCUT2D eigenvalue weighted by Crippen LogP contribution is 2.24. The van der Waals surface area contributed by atoms with Crippen LogP contribution in [-0.2, 0) is 7.05 Å². The Kier molecular flexibility index (Phi) is 4.25. The molecule has 0 aliphatic heterocycles. The molecule has 0 radical (unpaired) electrons. The molecule has 0 saturated carbocycles. The number of nitrogens with one attached hydrogen (secondary N) is 1. The van der Waals surface area contributed by atoms with Gasteiger partial charge in [-0.3, -0.25) is 9.48 Å². The molecule has 0 saturated heterocycles. The summed E-state index contributed by atoms with van der Waals surface area (Å²) in [5.41, 5.74) is 3.29. The first-order chi connectivity index (χ1) is 13.1. The monoisotopic (exact) mass is 359 g/mol. The largest absolute Gasteiger partial charge is 0.416 e. The summed E-state index contributed by atoms with van der Waals surface area (Å²) in [6, 6.07) is 16.6. The second-order valence-corrected chi connectivity index (χ2v) is 6.18. The summed E-state index contributed by atoms with van der Waals surface area (Å²) in [6.45, 7) is 2.02. The molecule has 0 aliphatic carbocycles. The van der Waals surface area contributed by atoms with Gasteiger partial charge in [-0.2, -0.15) is 5.10 Å². The van der Waals surface area contributed by atoms with Crippen LogP contribution in [0.1, 0.15) is 15.9 Å². The van der Waals surface area contributed by atoms with Gasteiger partial charge in [-0.05, 0) is 43.3 Å². The second-order valence-electron chi connectivity index (χ2n) is 6.18. The van der Waals surface area contributed by atoms with Crippen LogP contribution in [0.25, 0.3) is 22.9 Å². The molecule has 0 bridgehead atoms. The highest BCUT2D eigenvalue weighted by Gasteiger charge is 2.12. The quantitative estimate of drug-likeness (QED) is 0.600. The van der Waals surface area contributed by atoms with Gasteiger partial charge in [-0.1, -0.05) is 17.7 Å². The second kappa shape index (κ2) is 6.87. The Balaban J connectivity index is 1.50. The topological polar surface area (TPSA) is 85.8 Å². The van der Waals surface area contributed by atoms with Crippen molar-refractivity contribution in [3.63, 3.8) is 0 Å².